The summed E-state index contributed by atoms with van der Waals surface area (Å²) in [5, 5.41) is 0.518. The predicted molar refractivity (Wildman–Crippen MR) is 117 cm³/mol. The summed E-state index contributed by atoms with van der Waals surface area (Å²) >= 11 is 5.28. The largest absolute Gasteiger partial charge is 0.333 e. The second-order valence-electron chi connectivity index (χ2n) is 7.13. The molecule has 0 fully saturated rings. The number of likely N-dealkylation sites (N-methyl/N-ethyl adjacent to an activating group) is 1. The number of aromatic amines is 1. The molecular formula is C21H25N5O2S. The summed E-state index contributed by atoms with van der Waals surface area (Å²) in [6.07, 6.45) is 3.48. The van der Waals surface area contributed by atoms with Crippen molar-refractivity contribution in [1.29, 1.82) is 0 Å². The predicted octanol–water partition coefficient (Wildman–Crippen LogP) is 2.68. The van der Waals surface area contributed by atoms with E-state index in [2.05, 4.69) is 9.97 Å². The van der Waals surface area contributed by atoms with Crippen LogP contribution in [0.15, 0.2) is 47.5 Å². The number of pyridine rings is 1. The van der Waals surface area contributed by atoms with Crippen molar-refractivity contribution in [2.75, 3.05) is 27.2 Å². The number of nitrogens with one attached hydrogen (secondary N) is 1. The van der Waals surface area contributed by atoms with E-state index in [0.717, 1.165) is 12.1 Å². The molecule has 0 saturated heterocycles. The molecule has 3 rings (SSSR count). The summed E-state index contributed by atoms with van der Waals surface area (Å²) in [4.78, 5) is 36.9. The highest BCUT2D eigenvalue weighted by Crippen LogP contribution is 2.15. The minimum absolute atomic E-state index is 0.100. The summed E-state index contributed by atoms with van der Waals surface area (Å²) in [6, 6.07) is 8.92. The van der Waals surface area contributed by atoms with E-state index in [1.807, 2.05) is 38.1 Å². The summed E-state index contributed by atoms with van der Waals surface area (Å²) in [7, 11) is 3.95. The Hall–Kier alpha value is -2.84. The average molecular weight is 412 g/mol. The molecule has 0 radical (unpaired) electrons. The highest BCUT2D eigenvalue weighted by molar-refractivity contribution is 7.71. The number of carbonyl (C=O) groups excluding carboxylic acids is 1. The van der Waals surface area contributed by atoms with Crippen molar-refractivity contribution < 1.29 is 4.79 Å². The zero-order valence-electron chi connectivity index (χ0n) is 16.9. The first-order chi connectivity index (χ1) is 13.9. The molecule has 1 aromatic carbocycles. The Morgan fingerprint density at radius 2 is 2.03 bits per heavy atom. The van der Waals surface area contributed by atoms with E-state index in [4.69, 9.17) is 12.2 Å². The molecule has 3 aromatic rings. The second-order valence-corrected chi connectivity index (χ2v) is 7.52. The minimum Gasteiger partial charge on any atom is -0.333 e. The van der Waals surface area contributed by atoms with Crippen molar-refractivity contribution in [3.05, 3.63) is 69.0 Å². The molecular weight excluding hydrogens is 386 g/mol. The van der Waals surface area contributed by atoms with Gasteiger partial charge >= 0.3 is 0 Å². The third kappa shape index (κ3) is 4.78. The first-order valence-electron chi connectivity index (χ1n) is 9.50. The monoisotopic (exact) mass is 411 g/mol. The Labute approximate surface area is 174 Å². The first kappa shape index (κ1) is 20.9. The quantitative estimate of drug-likeness (QED) is 0.605. The number of nitrogens with zero attached hydrogens (tertiary/aromatic N) is 4. The molecule has 29 heavy (non-hydrogen) atoms. The SMILES string of the molecule is CCn1c(=S)[nH]c2cc(C(=O)N(CCN(C)C)Cc3cccnc3)ccc2c1=O. The van der Waals surface area contributed by atoms with Gasteiger partial charge in [0, 0.05) is 44.1 Å². The Morgan fingerprint density at radius 3 is 2.69 bits per heavy atom. The van der Waals surface area contributed by atoms with E-state index in [-0.39, 0.29) is 11.5 Å². The van der Waals surface area contributed by atoms with Crippen LogP contribution in [0, 0.1) is 4.77 Å². The number of fused-ring (bicyclic) bond motifs is 1. The molecule has 0 unspecified atom stereocenters. The molecule has 0 aliphatic rings. The molecule has 0 spiro atoms. The van der Waals surface area contributed by atoms with Crippen LogP contribution in [0.4, 0.5) is 0 Å². The molecule has 0 aliphatic carbocycles. The summed E-state index contributed by atoms with van der Waals surface area (Å²) < 4.78 is 1.86. The summed E-state index contributed by atoms with van der Waals surface area (Å²) in [5.41, 5.74) is 1.90. The van der Waals surface area contributed by atoms with Gasteiger partial charge in [-0.1, -0.05) is 6.07 Å². The molecule has 1 N–H and O–H groups in total. The first-order valence-corrected chi connectivity index (χ1v) is 9.91. The Bertz CT molecular complexity index is 1120. The summed E-state index contributed by atoms with van der Waals surface area (Å²) in [5.74, 6) is -0.100. The lowest BCUT2D eigenvalue weighted by Crippen LogP contribution is -2.36. The van der Waals surface area contributed by atoms with Gasteiger partial charge in [-0.25, -0.2) is 0 Å². The second kappa shape index (κ2) is 9.11. The zero-order chi connectivity index (χ0) is 21.0. The van der Waals surface area contributed by atoms with Crippen LogP contribution in [0.2, 0.25) is 0 Å². The van der Waals surface area contributed by atoms with E-state index < -0.39 is 0 Å². The number of aromatic nitrogens is 3. The van der Waals surface area contributed by atoms with Crippen LogP contribution in [0.5, 0.6) is 0 Å². The van der Waals surface area contributed by atoms with E-state index in [1.54, 1.807) is 35.5 Å². The average Bonchev–Trinajstić information content (AvgIpc) is 2.71. The van der Waals surface area contributed by atoms with Gasteiger partial charge < -0.3 is 14.8 Å². The molecule has 2 aromatic heterocycles. The maximum atomic E-state index is 13.3. The van der Waals surface area contributed by atoms with Gasteiger partial charge in [0.2, 0.25) is 0 Å². The molecule has 0 aliphatic heterocycles. The number of amides is 1. The van der Waals surface area contributed by atoms with Crippen LogP contribution in [0.25, 0.3) is 10.9 Å². The van der Waals surface area contributed by atoms with Crippen molar-refractivity contribution in [3.63, 3.8) is 0 Å². The Balaban J connectivity index is 1.96. The van der Waals surface area contributed by atoms with E-state index in [9.17, 15) is 9.59 Å². The highest BCUT2D eigenvalue weighted by Gasteiger charge is 2.18. The normalized spacial score (nSPS) is 11.2. The smallest absolute Gasteiger partial charge is 0.262 e. The van der Waals surface area contributed by atoms with Gasteiger partial charge in [-0.2, -0.15) is 0 Å². The van der Waals surface area contributed by atoms with Crippen LogP contribution in [-0.4, -0.2) is 57.4 Å². The van der Waals surface area contributed by atoms with Gasteiger partial charge in [0.25, 0.3) is 11.5 Å². The Morgan fingerprint density at radius 1 is 1.24 bits per heavy atom. The number of H-pyrrole nitrogens is 1. The third-order valence-corrected chi connectivity index (χ3v) is 5.07. The molecule has 152 valence electrons. The maximum Gasteiger partial charge on any atom is 0.262 e. The van der Waals surface area contributed by atoms with E-state index in [1.165, 1.54) is 4.57 Å². The van der Waals surface area contributed by atoms with E-state index in [0.29, 0.717) is 40.9 Å². The van der Waals surface area contributed by atoms with Crippen molar-refractivity contribution in [2.45, 2.75) is 20.0 Å². The van der Waals surface area contributed by atoms with Crippen molar-refractivity contribution in [2.24, 2.45) is 0 Å². The fourth-order valence-corrected chi connectivity index (χ4v) is 3.46. The molecule has 7 nitrogen and oxygen atoms in total. The van der Waals surface area contributed by atoms with Crippen LogP contribution >= 0.6 is 12.2 Å². The fourth-order valence-electron chi connectivity index (χ4n) is 3.14. The molecule has 2 heterocycles. The Kier molecular flexibility index (Phi) is 6.56. The highest BCUT2D eigenvalue weighted by atomic mass is 32.1. The molecule has 0 saturated carbocycles. The van der Waals surface area contributed by atoms with Gasteiger partial charge in [0.15, 0.2) is 4.77 Å². The number of hydrogen-bond acceptors (Lipinski definition) is 5. The maximum absolute atomic E-state index is 13.3. The molecule has 8 heteroatoms. The summed E-state index contributed by atoms with van der Waals surface area (Å²) in [6.45, 7) is 4.14. The van der Waals surface area contributed by atoms with Gasteiger partial charge in [0.05, 0.1) is 10.9 Å². The minimum atomic E-state index is -0.148. The van der Waals surface area contributed by atoms with Crippen molar-refractivity contribution >= 4 is 29.0 Å². The van der Waals surface area contributed by atoms with E-state index >= 15 is 0 Å². The molecule has 0 bridgehead atoms. The van der Waals surface area contributed by atoms with Crippen LogP contribution in [0.3, 0.4) is 0 Å². The fraction of sp³-hybridized carbons (Fsp3) is 0.333. The molecule has 0 atom stereocenters. The van der Waals surface area contributed by atoms with Gasteiger partial charge in [-0.15, -0.1) is 0 Å². The number of hydrogen-bond donors (Lipinski definition) is 1. The van der Waals surface area contributed by atoms with Crippen molar-refractivity contribution in [3.8, 4) is 0 Å². The lowest BCUT2D eigenvalue weighted by Gasteiger charge is -2.24. The number of carbonyl (C=O) groups is 1. The van der Waals surface area contributed by atoms with Gasteiger partial charge in [-0.05, 0) is 63.1 Å². The molecule has 1 amide bonds. The lowest BCUT2D eigenvalue weighted by molar-refractivity contribution is 0.0732. The third-order valence-electron chi connectivity index (χ3n) is 4.75. The van der Waals surface area contributed by atoms with Crippen LogP contribution in [-0.2, 0) is 13.1 Å². The van der Waals surface area contributed by atoms with Gasteiger partial charge in [-0.3, -0.25) is 19.1 Å². The number of rotatable bonds is 7. The topological polar surface area (TPSA) is 74.2 Å². The number of benzene rings is 1. The van der Waals surface area contributed by atoms with Crippen molar-refractivity contribution in [1.82, 2.24) is 24.3 Å². The standard InChI is InChI=1S/C21H25N5O2S/c1-4-26-20(28)17-8-7-16(12-18(17)23-21(26)29)19(27)25(11-10-24(2)3)14-15-6-5-9-22-13-15/h5-9,12-13H,4,10-11,14H2,1-3H3,(H,23,29). The van der Waals surface area contributed by atoms with Crippen LogP contribution < -0.4 is 5.56 Å². The zero-order valence-corrected chi connectivity index (χ0v) is 17.7. The lowest BCUT2D eigenvalue weighted by atomic mass is 10.1. The van der Waals surface area contributed by atoms with Crippen LogP contribution in [0.1, 0.15) is 22.8 Å². The van der Waals surface area contributed by atoms with Gasteiger partial charge in [0.1, 0.15) is 0 Å².